The minimum Gasteiger partial charge on any atom is -0.304 e. The molecule has 0 radical (unpaired) electrons. The summed E-state index contributed by atoms with van der Waals surface area (Å²) in [6.45, 7) is 4.83. The molecule has 3 aromatic heterocycles. The Morgan fingerprint density at radius 1 is 1.21 bits per heavy atom. The average molecular weight is 410 g/mol. The number of anilines is 1. The van der Waals surface area contributed by atoms with Crippen molar-refractivity contribution in [3.63, 3.8) is 0 Å². The fourth-order valence-corrected chi connectivity index (χ4v) is 3.54. The lowest BCUT2D eigenvalue weighted by atomic mass is 10.2. The Labute approximate surface area is 170 Å². The quantitative estimate of drug-likeness (QED) is 0.516. The first-order chi connectivity index (χ1) is 14.0. The van der Waals surface area contributed by atoms with Crippen molar-refractivity contribution < 1.29 is 9.18 Å². The lowest BCUT2D eigenvalue weighted by Crippen LogP contribution is -2.18. The Kier molecular flexibility index (Phi) is 5.22. The van der Waals surface area contributed by atoms with E-state index in [0.29, 0.717) is 29.8 Å². The highest BCUT2D eigenvalue weighted by molar-refractivity contribution is 7.13. The fourth-order valence-electron chi connectivity index (χ4n) is 2.84. The number of halogens is 1. The molecule has 4 aromatic rings. The van der Waals surface area contributed by atoms with Crippen LogP contribution in [-0.4, -0.2) is 30.5 Å². The maximum atomic E-state index is 13.3. The smallest absolute Gasteiger partial charge is 0.296 e. The SMILES string of the molecule is CC(C)Cn1nccc1NC(=O)c1nc(-c2cccs2)n(-c2ccc(F)cc2)n1. The standard InChI is InChI=1S/C20H19FN6OS/c1-13(2)12-26-17(9-10-22-26)23-20(28)18-24-19(16-4-3-11-29-16)27(25-18)15-7-5-14(21)6-8-15/h3-11,13H,12H2,1-2H3,(H,23,28). The normalized spacial score (nSPS) is 11.2. The molecular weight excluding hydrogens is 391 g/mol. The summed E-state index contributed by atoms with van der Waals surface area (Å²) < 4.78 is 16.6. The monoisotopic (exact) mass is 410 g/mol. The summed E-state index contributed by atoms with van der Waals surface area (Å²) in [6, 6.07) is 11.4. The van der Waals surface area contributed by atoms with Crippen molar-refractivity contribution in [1.82, 2.24) is 24.5 Å². The number of amides is 1. The minimum atomic E-state index is -0.436. The van der Waals surface area contributed by atoms with Crippen molar-refractivity contribution in [2.75, 3.05) is 5.32 Å². The molecule has 0 aliphatic heterocycles. The molecular formula is C20H19FN6OS. The molecule has 29 heavy (non-hydrogen) atoms. The zero-order valence-electron chi connectivity index (χ0n) is 15.9. The zero-order chi connectivity index (χ0) is 20.4. The van der Waals surface area contributed by atoms with Crippen molar-refractivity contribution in [3.8, 4) is 16.4 Å². The van der Waals surface area contributed by atoms with E-state index < -0.39 is 5.91 Å². The van der Waals surface area contributed by atoms with Gasteiger partial charge in [-0.3, -0.25) is 4.79 Å². The van der Waals surface area contributed by atoms with Crippen LogP contribution in [0.3, 0.4) is 0 Å². The highest BCUT2D eigenvalue weighted by Gasteiger charge is 2.20. The number of carbonyl (C=O) groups excluding carboxylic acids is 1. The summed E-state index contributed by atoms with van der Waals surface area (Å²) in [6.07, 6.45) is 1.64. The highest BCUT2D eigenvalue weighted by Crippen LogP contribution is 2.26. The Hall–Kier alpha value is -3.33. The molecule has 148 valence electrons. The Morgan fingerprint density at radius 3 is 2.69 bits per heavy atom. The highest BCUT2D eigenvalue weighted by atomic mass is 32.1. The van der Waals surface area contributed by atoms with Gasteiger partial charge in [0.05, 0.1) is 16.8 Å². The van der Waals surface area contributed by atoms with E-state index in [2.05, 4.69) is 34.3 Å². The summed E-state index contributed by atoms with van der Waals surface area (Å²) in [5, 5.41) is 13.4. The number of nitrogens with zero attached hydrogens (tertiary/aromatic N) is 5. The van der Waals surface area contributed by atoms with E-state index in [0.717, 1.165) is 4.88 Å². The summed E-state index contributed by atoms with van der Waals surface area (Å²) in [7, 11) is 0. The lowest BCUT2D eigenvalue weighted by molar-refractivity contribution is 0.101. The second kappa shape index (κ2) is 7.96. The maximum Gasteiger partial charge on any atom is 0.296 e. The first kappa shape index (κ1) is 19.0. The molecule has 0 aliphatic rings. The van der Waals surface area contributed by atoms with Gasteiger partial charge in [-0.25, -0.2) is 18.7 Å². The fraction of sp³-hybridized carbons (Fsp3) is 0.200. The van der Waals surface area contributed by atoms with Gasteiger partial charge in [-0.1, -0.05) is 19.9 Å². The topological polar surface area (TPSA) is 77.6 Å². The van der Waals surface area contributed by atoms with Gasteiger partial charge in [0.1, 0.15) is 11.6 Å². The van der Waals surface area contributed by atoms with E-state index in [4.69, 9.17) is 0 Å². The molecule has 1 amide bonds. The van der Waals surface area contributed by atoms with Crippen LogP contribution in [-0.2, 0) is 6.54 Å². The van der Waals surface area contributed by atoms with Gasteiger partial charge in [0.2, 0.25) is 5.82 Å². The van der Waals surface area contributed by atoms with Crippen LogP contribution in [0.2, 0.25) is 0 Å². The molecule has 0 unspecified atom stereocenters. The Balaban J connectivity index is 1.68. The molecule has 0 bridgehead atoms. The van der Waals surface area contributed by atoms with Crippen LogP contribution in [0.15, 0.2) is 54.0 Å². The van der Waals surface area contributed by atoms with Crippen molar-refractivity contribution in [1.29, 1.82) is 0 Å². The van der Waals surface area contributed by atoms with Crippen LogP contribution in [0.5, 0.6) is 0 Å². The van der Waals surface area contributed by atoms with E-state index in [-0.39, 0.29) is 11.6 Å². The van der Waals surface area contributed by atoms with Crippen LogP contribution in [0.25, 0.3) is 16.4 Å². The lowest BCUT2D eigenvalue weighted by Gasteiger charge is -2.09. The number of benzene rings is 1. The van der Waals surface area contributed by atoms with E-state index in [1.807, 2.05) is 17.5 Å². The largest absolute Gasteiger partial charge is 0.304 e. The second-order valence-corrected chi connectivity index (χ2v) is 7.82. The van der Waals surface area contributed by atoms with Gasteiger partial charge in [-0.15, -0.1) is 16.4 Å². The van der Waals surface area contributed by atoms with Crippen LogP contribution in [0.1, 0.15) is 24.5 Å². The molecule has 0 aliphatic carbocycles. The van der Waals surface area contributed by atoms with Gasteiger partial charge in [-0.2, -0.15) is 5.10 Å². The van der Waals surface area contributed by atoms with Gasteiger partial charge in [0.25, 0.3) is 5.91 Å². The summed E-state index contributed by atoms with van der Waals surface area (Å²) >= 11 is 1.48. The van der Waals surface area contributed by atoms with Crippen LogP contribution in [0.4, 0.5) is 10.2 Å². The number of hydrogen-bond donors (Lipinski definition) is 1. The molecule has 1 aromatic carbocycles. The van der Waals surface area contributed by atoms with E-state index in [9.17, 15) is 9.18 Å². The van der Waals surface area contributed by atoms with Gasteiger partial charge in [0, 0.05) is 12.6 Å². The number of carbonyl (C=O) groups is 1. The summed E-state index contributed by atoms with van der Waals surface area (Å²) in [5.74, 6) is 0.728. The van der Waals surface area contributed by atoms with E-state index in [1.54, 1.807) is 33.8 Å². The van der Waals surface area contributed by atoms with Crippen molar-refractivity contribution in [2.45, 2.75) is 20.4 Å². The second-order valence-electron chi connectivity index (χ2n) is 6.87. The molecule has 0 saturated heterocycles. The molecule has 1 N–H and O–H groups in total. The Morgan fingerprint density at radius 2 is 2.00 bits per heavy atom. The molecule has 4 rings (SSSR count). The molecule has 0 fully saturated rings. The van der Waals surface area contributed by atoms with Gasteiger partial charge in [0.15, 0.2) is 5.82 Å². The van der Waals surface area contributed by atoms with Crippen LogP contribution in [0, 0.1) is 11.7 Å². The van der Waals surface area contributed by atoms with Crippen molar-refractivity contribution in [2.24, 2.45) is 5.92 Å². The Bertz CT molecular complexity index is 1110. The molecule has 0 atom stereocenters. The number of aromatic nitrogens is 5. The predicted molar refractivity (Wildman–Crippen MR) is 110 cm³/mol. The van der Waals surface area contributed by atoms with Crippen LogP contribution < -0.4 is 5.32 Å². The minimum absolute atomic E-state index is 0.0232. The third kappa shape index (κ3) is 4.09. The summed E-state index contributed by atoms with van der Waals surface area (Å²) in [4.78, 5) is 18.1. The first-order valence-electron chi connectivity index (χ1n) is 9.11. The van der Waals surface area contributed by atoms with Crippen molar-refractivity contribution >= 4 is 23.1 Å². The molecule has 7 nitrogen and oxygen atoms in total. The first-order valence-corrected chi connectivity index (χ1v) is 9.99. The molecule has 0 saturated carbocycles. The number of nitrogens with one attached hydrogen (secondary N) is 1. The molecule has 3 heterocycles. The predicted octanol–water partition coefficient (Wildman–Crippen LogP) is 4.24. The average Bonchev–Trinajstić information content (AvgIpc) is 3.42. The summed E-state index contributed by atoms with van der Waals surface area (Å²) in [5.41, 5.74) is 0.617. The molecule has 0 spiro atoms. The van der Waals surface area contributed by atoms with Gasteiger partial charge >= 0.3 is 0 Å². The third-order valence-corrected chi connectivity index (χ3v) is 4.99. The van der Waals surface area contributed by atoms with Crippen LogP contribution >= 0.6 is 11.3 Å². The van der Waals surface area contributed by atoms with E-state index in [1.165, 1.54) is 23.5 Å². The zero-order valence-corrected chi connectivity index (χ0v) is 16.7. The van der Waals surface area contributed by atoms with Gasteiger partial charge in [-0.05, 0) is 41.6 Å². The number of rotatable bonds is 6. The third-order valence-electron chi connectivity index (χ3n) is 4.12. The number of hydrogen-bond acceptors (Lipinski definition) is 5. The number of thiophene rings is 1. The van der Waals surface area contributed by atoms with E-state index >= 15 is 0 Å². The molecule has 9 heteroatoms. The maximum absolute atomic E-state index is 13.3. The van der Waals surface area contributed by atoms with Crippen molar-refractivity contribution in [3.05, 3.63) is 65.7 Å². The van der Waals surface area contributed by atoms with Gasteiger partial charge < -0.3 is 5.32 Å².